The minimum absolute atomic E-state index is 0.0792. The fraction of sp³-hybridized carbons (Fsp3) is 0.625. The van der Waals surface area contributed by atoms with Crippen LogP contribution in [0.3, 0.4) is 0 Å². The number of ether oxygens (including phenoxy) is 1. The van der Waals surface area contributed by atoms with Crippen molar-refractivity contribution in [2.24, 2.45) is 0 Å². The van der Waals surface area contributed by atoms with Crippen LogP contribution in [0.2, 0.25) is 0 Å². The van der Waals surface area contributed by atoms with Gasteiger partial charge in [0.1, 0.15) is 16.7 Å². The van der Waals surface area contributed by atoms with Crippen molar-refractivity contribution >= 4 is 21.9 Å². The Morgan fingerprint density at radius 1 is 1.64 bits per heavy atom. The van der Waals surface area contributed by atoms with Crippen molar-refractivity contribution in [2.75, 3.05) is 0 Å². The van der Waals surface area contributed by atoms with E-state index in [1.807, 2.05) is 20.8 Å². The highest BCUT2D eigenvalue weighted by Crippen LogP contribution is 2.08. The monoisotopic (exact) mass is 261 g/mol. The first-order chi connectivity index (χ1) is 6.37. The van der Waals surface area contributed by atoms with Crippen LogP contribution in [0.15, 0.2) is 10.8 Å². The molecule has 0 aromatic carbocycles. The lowest BCUT2D eigenvalue weighted by molar-refractivity contribution is -0.155. The van der Waals surface area contributed by atoms with Gasteiger partial charge in [-0.1, -0.05) is 5.21 Å². The molecule has 0 unspecified atom stereocenters. The van der Waals surface area contributed by atoms with Crippen molar-refractivity contribution in [3.8, 4) is 0 Å². The lowest BCUT2D eigenvalue weighted by Crippen LogP contribution is -2.26. The standard InChI is InChI=1S/C8H12BrN3O2/c1-8(2,3)14-7(13)5-12-4-6(9)10-11-12/h4H,5H2,1-3H3. The molecule has 1 aromatic rings. The fourth-order valence-corrected chi connectivity index (χ4v) is 1.17. The van der Waals surface area contributed by atoms with Gasteiger partial charge in [0.2, 0.25) is 0 Å². The predicted molar refractivity (Wildman–Crippen MR) is 53.6 cm³/mol. The van der Waals surface area contributed by atoms with E-state index in [4.69, 9.17) is 4.74 Å². The van der Waals surface area contributed by atoms with Gasteiger partial charge in [-0.2, -0.15) is 0 Å². The first-order valence-electron chi connectivity index (χ1n) is 4.14. The van der Waals surface area contributed by atoms with E-state index in [9.17, 15) is 4.79 Å². The third-order valence-corrected chi connectivity index (χ3v) is 1.59. The van der Waals surface area contributed by atoms with Gasteiger partial charge in [-0.15, -0.1) is 5.10 Å². The average Bonchev–Trinajstić information content (AvgIpc) is 2.30. The number of rotatable bonds is 2. The zero-order valence-corrected chi connectivity index (χ0v) is 9.91. The Hall–Kier alpha value is -0.910. The summed E-state index contributed by atoms with van der Waals surface area (Å²) in [5.41, 5.74) is -0.463. The first-order valence-corrected chi connectivity index (χ1v) is 4.93. The normalized spacial score (nSPS) is 11.4. The summed E-state index contributed by atoms with van der Waals surface area (Å²) in [7, 11) is 0. The molecule has 78 valence electrons. The highest BCUT2D eigenvalue weighted by Gasteiger charge is 2.16. The highest BCUT2D eigenvalue weighted by atomic mass is 79.9. The van der Waals surface area contributed by atoms with Gasteiger partial charge in [-0.25, -0.2) is 4.68 Å². The number of carbonyl (C=O) groups excluding carboxylic acids is 1. The van der Waals surface area contributed by atoms with Crippen molar-refractivity contribution in [3.05, 3.63) is 10.8 Å². The molecule has 0 saturated heterocycles. The van der Waals surface area contributed by atoms with E-state index >= 15 is 0 Å². The van der Waals surface area contributed by atoms with Crippen LogP contribution in [0.1, 0.15) is 20.8 Å². The maximum atomic E-state index is 11.3. The third-order valence-electron chi connectivity index (χ3n) is 1.22. The van der Waals surface area contributed by atoms with Gasteiger partial charge >= 0.3 is 5.97 Å². The zero-order valence-electron chi connectivity index (χ0n) is 8.32. The van der Waals surface area contributed by atoms with E-state index in [1.54, 1.807) is 6.20 Å². The summed E-state index contributed by atoms with van der Waals surface area (Å²) in [6.07, 6.45) is 1.62. The second-order valence-electron chi connectivity index (χ2n) is 3.83. The number of carbonyl (C=O) groups is 1. The van der Waals surface area contributed by atoms with Gasteiger partial charge in [0.05, 0.1) is 6.20 Å². The van der Waals surface area contributed by atoms with Gasteiger partial charge in [0.25, 0.3) is 0 Å². The van der Waals surface area contributed by atoms with E-state index in [2.05, 4.69) is 26.2 Å². The number of halogens is 1. The first kappa shape index (κ1) is 11.2. The van der Waals surface area contributed by atoms with Crippen LogP contribution in [0.25, 0.3) is 0 Å². The van der Waals surface area contributed by atoms with Gasteiger partial charge in [-0.05, 0) is 36.7 Å². The molecule has 0 aliphatic heterocycles. The van der Waals surface area contributed by atoms with Crippen molar-refractivity contribution in [1.29, 1.82) is 0 Å². The molecule has 0 aliphatic rings. The molecule has 0 radical (unpaired) electrons. The second kappa shape index (κ2) is 4.08. The van der Waals surface area contributed by atoms with Gasteiger partial charge in [0, 0.05) is 0 Å². The van der Waals surface area contributed by atoms with Gasteiger partial charge in [-0.3, -0.25) is 4.79 Å². The molecule has 1 rings (SSSR count). The minimum atomic E-state index is -0.463. The molecule has 1 heterocycles. The SMILES string of the molecule is CC(C)(C)OC(=O)Cn1cc(Br)nn1. The minimum Gasteiger partial charge on any atom is -0.459 e. The molecule has 0 fully saturated rings. The van der Waals surface area contributed by atoms with Crippen molar-refractivity contribution in [1.82, 2.24) is 15.0 Å². The smallest absolute Gasteiger partial charge is 0.328 e. The molecule has 0 atom stereocenters. The van der Waals surface area contributed by atoms with Crippen molar-refractivity contribution < 1.29 is 9.53 Å². The summed E-state index contributed by atoms with van der Waals surface area (Å²) < 4.78 is 7.12. The summed E-state index contributed by atoms with van der Waals surface area (Å²) in [4.78, 5) is 11.3. The Morgan fingerprint density at radius 3 is 2.71 bits per heavy atom. The predicted octanol–water partition coefficient (Wildman–Crippen LogP) is 1.38. The van der Waals surface area contributed by atoms with E-state index < -0.39 is 5.60 Å². The van der Waals surface area contributed by atoms with E-state index in [0.717, 1.165) is 0 Å². The molecule has 0 bridgehead atoms. The highest BCUT2D eigenvalue weighted by molar-refractivity contribution is 9.10. The molecule has 1 aromatic heterocycles. The largest absolute Gasteiger partial charge is 0.459 e. The lowest BCUT2D eigenvalue weighted by Gasteiger charge is -2.19. The maximum Gasteiger partial charge on any atom is 0.328 e. The van der Waals surface area contributed by atoms with E-state index in [1.165, 1.54) is 4.68 Å². The fourth-order valence-electron chi connectivity index (χ4n) is 0.858. The quantitative estimate of drug-likeness (QED) is 0.755. The third kappa shape index (κ3) is 3.87. The molecule has 0 saturated carbocycles. The molecule has 0 spiro atoms. The Bertz CT molecular complexity index is 330. The molecular formula is C8H12BrN3O2. The summed E-state index contributed by atoms with van der Waals surface area (Å²) in [6, 6.07) is 0. The van der Waals surface area contributed by atoms with Crippen LogP contribution < -0.4 is 0 Å². The lowest BCUT2D eigenvalue weighted by atomic mass is 10.2. The van der Waals surface area contributed by atoms with Crippen molar-refractivity contribution in [3.63, 3.8) is 0 Å². The van der Waals surface area contributed by atoms with Gasteiger partial charge < -0.3 is 4.74 Å². The maximum absolute atomic E-state index is 11.3. The Balaban J connectivity index is 2.50. The second-order valence-corrected chi connectivity index (χ2v) is 4.64. The molecule has 0 N–H and O–H groups in total. The number of hydrogen-bond acceptors (Lipinski definition) is 4. The number of nitrogens with zero attached hydrogens (tertiary/aromatic N) is 3. The van der Waals surface area contributed by atoms with Crippen LogP contribution in [0.5, 0.6) is 0 Å². The molecule has 0 amide bonds. The zero-order chi connectivity index (χ0) is 10.8. The number of esters is 1. The van der Waals surface area contributed by atoms with E-state index in [0.29, 0.717) is 4.60 Å². The van der Waals surface area contributed by atoms with Crippen LogP contribution in [-0.2, 0) is 16.1 Å². The van der Waals surface area contributed by atoms with Crippen LogP contribution in [0, 0.1) is 0 Å². The van der Waals surface area contributed by atoms with Crippen LogP contribution >= 0.6 is 15.9 Å². The van der Waals surface area contributed by atoms with Crippen LogP contribution in [-0.4, -0.2) is 26.6 Å². The number of aromatic nitrogens is 3. The summed E-state index contributed by atoms with van der Waals surface area (Å²) >= 11 is 3.14. The molecule has 14 heavy (non-hydrogen) atoms. The average molecular weight is 262 g/mol. The molecule has 0 aliphatic carbocycles. The van der Waals surface area contributed by atoms with Gasteiger partial charge in [0.15, 0.2) is 0 Å². The molecular weight excluding hydrogens is 250 g/mol. The Kier molecular flexibility index (Phi) is 3.25. The molecule has 5 nitrogen and oxygen atoms in total. The molecule has 6 heteroatoms. The summed E-state index contributed by atoms with van der Waals surface area (Å²) in [6.45, 7) is 5.54. The van der Waals surface area contributed by atoms with Crippen LogP contribution in [0.4, 0.5) is 0 Å². The van der Waals surface area contributed by atoms with E-state index in [-0.39, 0.29) is 12.5 Å². The summed E-state index contributed by atoms with van der Waals surface area (Å²) in [5, 5.41) is 7.39. The summed E-state index contributed by atoms with van der Waals surface area (Å²) in [5.74, 6) is -0.324. The Labute approximate surface area is 90.6 Å². The topological polar surface area (TPSA) is 57.0 Å². The number of hydrogen-bond donors (Lipinski definition) is 0. The van der Waals surface area contributed by atoms with Crippen molar-refractivity contribution in [2.45, 2.75) is 32.9 Å². The Morgan fingerprint density at radius 2 is 2.29 bits per heavy atom.